The predicted octanol–water partition coefficient (Wildman–Crippen LogP) is 4.30. The maximum absolute atomic E-state index is 12.4. The molecule has 164 valence electrons. The number of benzene rings is 2. The Balaban J connectivity index is 1.52. The molecule has 0 aromatic heterocycles. The van der Waals surface area contributed by atoms with Crippen LogP contribution >= 0.6 is 0 Å². The number of hydrogen-bond donors (Lipinski definition) is 2. The molecule has 0 spiro atoms. The maximum atomic E-state index is 12.4. The molecule has 2 aromatic rings. The summed E-state index contributed by atoms with van der Waals surface area (Å²) in [5.74, 6) is 0.457. The molecule has 2 N–H and O–H groups in total. The van der Waals surface area contributed by atoms with Crippen molar-refractivity contribution in [2.45, 2.75) is 33.1 Å². The summed E-state index contributed by atoms with van der Waals surface area (Å²) in [5.41, 5.74) is 2.04. The Hall–Kier alpha value is -3.12. The normalized spacial score (nSPS) is 14.2. The van der Waals surface area contributed by atoms with Gasteiger partial charge in [0.15, 0.2) is 11.5 Å². The van der Waals surface area contributed by atoms with Gasteiger partial charge in [-0.25, -0.2) is 0 Å². The molecular formula is C25H31N3O3. The number of nitrogens with one attached hydrogen (secondary N) is 2. The fourth-order valence-electron chi connectivity index (χ4n) is 3.56. The van der Waals surface area contributed by atoms with Crippen molar-refractivity contribution in [3.05, 3.63) is 65.4 Å². The number of ether oxygens (including phenoxy) is 1. The molecule has 0 saturated carbocycles. The molecule has 0 radical (unpaired) electrons. The number of nitrogens with zero attached hydrogens (tertiary/aromatic N) is 1. The highest BCUT2D eigenvalue weighted by Gasteiger charge is 2.21. The number of carbonyl (C=O) groups is 2. The Labute approximate surface area is 184 Å². The van der Waals surface area contributed by atoms with Crippen LogP contribution in [0, 0.1) is 0 Å². The van der Waals surface area contributed by atoms with E-state index in [0.717, 1.165) is 44.5 Å². The lowest BCUT2D eigenvalue weighted by atomic mass is 10.1. The Morgan fingerprint density at radius 1 is 1.03 bits per heavy atom. The lowest BCUT2D eigenvalue weighted by Crippen LogP contribution is -2.31. The molecule has 0 fully saturated rings. The molecule has 0 aliphatic carbocycles. The van der Waals surface area contributed by atoms with E-state index in [1.54, 1.807) is 30.3 Å². The van der Waals surface area contributed by atoms with Crippen LogP contribution in [-0.2, 0) is 4.79 Å². The number of anilines is 1. The van der Waals surface area contributed by atoms with Crippen LogP contribution < -0.4 is 15.4 Å². The van der Waals surface area contributed by atoms with Gasteiger partial charge in [-0.15, -0.1) is 0 Å². The molecule has 0 bridgehead atoms. The molecule has 2 amide bonds. The minimum absolute atomic E-state index is 0.0858. The first-order chi connectivity index (χ1) is 15.1. The molecule has 0 atom stereocenters. The lowest BCUT2D eigenvalue weighted by Gasteiger charge is -2.20. The van der Waals surface area contributed by atoms with E-state index in [9.17, 15) is 9.59 Å². The second-order valence-electron chi connectivity index (χ2n) is 7.63. The van der Waals surface area contributed by atoms with Gasteiger partial charge in [0, 0.05) is 12.1 Å². The molecule has 6 heteroatoms. The molecule has 2 aromatic carbocycles. The monoisotopic (exact) mass is 421 g/mol. The number of carbonyl (C=O) groups excluding carboxylic acids is 2. The zero-order chi connectivity index (χ0) is 22.1. The number of amides is 2. The van der Waals surface area contributed by atoms with E-state index in [1.807, 2.05) is 24.3 Å². The summed E-state index contributed by atoms with van der Waals surface area (Å²) in [4.78, 5) is 27.1. The second kappa shape index (κ2) is 11.3. The average molecular weight is 422 g/mol. The van der Waals surface area contributed by atoms with Gasteiger partial charge in [-0.3, -0.25) is 9.59 Å². The third-order valence-electron chi connectivity index (χ3n) is 5.07. The maximum Gasteiger partial charge on any atom is 0.291 e. The van der Waals surface area contributed by atoms with Crippen molar-refractivity contribution in [3.8, 4) is 5.75 Å². The third kappa shape index (κ3) is 6.43. The van der Waals surface area contributed by atoms with Crippen molar-refractivity contribution < 1.29 is 14.3 Å². The van der Waals surface area contributed by atoms with Gasteiger partial charge in [0.1, 0.15) is 0 Å². The van der Waals surface area contributed by atoms with Crippen LogP contribution in [0.2, 0.25) is 0 Å². The number of hydrogen-bond acceptors (Lipinski definition) is 4. The largest absolute Gasteiger partial charge is 0.449 e. The zero-order valence-corrected chi connectivity index (χ0v) is 18.3. The first-order valence-electron chi connectivity index (χ1n) is 11.0. The average Bonchev–Trinajstić information content (AvgIpc) is 2.78. The smallest absolute Gasteiger partial charge is 0.291 e. The fraction of sp³-hybridized carbons (Fsp3) is 0.360. The van der Waals surface area contributed by atoms with Gasteiger partial charge in [0.25, 0.3) is 11.8 Å². The number of para-hydroxylation sites is 2. The van der Waals surface area contributed by atoms with Crippen molar-refractivity contribution in [3.63, 3.8) is 0 Å². The number of rotatable bonds is 10. The van der Waals surface area contributed by atoms with Gasteiger partial charge in [-0.1, -0.05) is 38.1 Å². The SMILES string of the molecule is CCCN(CCC)CCCNC(=O)c1ccc(/C=C2\Oc3ccccc3NC2=O)cc1. The van der Waals surface area contributed by atoms with Crippen molar-refractivity contribution >= 4 is 23.6 Å². The molecule has 0 saturated heterocycles. The van der Waals surface area contributed by atoms with Crippen LogP contribution in [0.5, 0.6) is 5.75 Å². The van der Waals surface area contributed by atoms with Gasteiger partial charge in [-0.05, 0) is 74.8 Å². The fourth-order valence-corrected chi connectivity index (χ4v) is 3.56. The Morgan fingerprint density at radius 3 is 2.45 bits per heavy atom. The summed E-state index contributed by atoms with van der Waals surface area (Å²) < 4.78 is 5.71. The van der Waals surface area contributed by atoms with E-state index in [4.69, 9.17) is 4.74 Å². The Bertz CT molecular complexity index is 916. The molecule has 0 unspecified atom stereocenters. The van der Waals surface area contributed by atoms with E-state index >= 15 is 0 Å². The summed E-state index contributed by atoms with van der Waals surface area (Å²) in [6, 6.07) is 14.4. The van der Waals surface area contributed by atoms with Crippen molar-refractivity contribution in [1.29, 1.82) is 0 Å². The van der Waals surface area contributed by atoms with E-state index in [-0.39, 0.29) is 17.6 Å². The summed E-state index contributed by atoms with van der Waals surface area (Å²) in [6.07, 6.45) is 4.90. The van der Waals surface area contributed by atoms with Crippen LogP contribution in [0.3, 0.4) is 0 Å². The highest BCUT2D eigenvalue weighted by molar-refractivity contribution is 6.08. The second-order valence-corrected chi connectivity index (χ2v) is 7.63. The summed E-state index contributed by atoms with van der Waals surface area (Å²) >= 11 is 0. The van der Waals surface area contributed by atoms with Gasteiger partial charge in [0.2, 0.25) is 0 Å². The van der Waals surface area contributed by atoms with Crippen LogP contribution in [0.4, 0.5) is 5.69 Å². The van der Waals surface area contributed by atoms with Gasteiger partial charge < -0.3 is 20.3 Å². The highest BCUT2D eigenvalue weighted by atomic mass is 16.5. The number of fused-ring (bicyclic) bond motifs is 1. The standard InChI is InChI=1S/C25H31N3O3/c1-3-15-28(16-4-2)17-7-14-26-24(29)20-12-10-19(11-13-20)18-23-25(30)27-21-8-5-6-9-22(21)31-23/h5-6,8-13,18H,3-4,7,14-17H2,1-2H3,(H,26,29)(H,27,30)/b23-18-. The van der Waals surface area contributed by atoms with E-state index < -0.39 is 0 Å². The van der Waals surface area contributed by atoms with Crippen molar-refractivity contribution in [1.82, 2.24) is 10.2 Å². The Kier molecular flexibility index (Phi) is 8.24. The van der Waals surface area contributed by atoms with E-state index in [1.165, 1.54) is 0 Å². The zero-order valence-electron chi connectivity index (χ0n) is 18.3. The molecule has 1 heterocycles. The van der Waals surface area contributed by atoms with Crippen LogP contribution in [0.25, 0.3) is 6.08 Å². The molecule has 6 nitrogen and oxygen atoms in total. The molecule has 31 heavy (non-hydrogen) atoms. The first-order valence-corrected chi connectivity index (χ1v) is 11.0. The Morgan fingerprint density at radius 2 is 1.74 bits per heavy atom. The molecular weight excluding hydrogens is 390 g/mol. The molecule has 3 rings (SSSR count). The summed E-state index contributed by atoms with van der Waals surface area (Å²) in [5, 5.41) is 5.80. The van der Waals surface area contributed by atoms with Gasteiger partial charge >= 0.3 is 0 Å². The lowest BCUT2D eigenvalue weighted by molar-refractivity contribution is -0.115. The minimum atomic E-state index is -0.291. The highest BCUT2D eigenvalue weighted by Crippen LogP contribution is 2.30. The van der Waals surface area contributed by atoms with Crippen LogP contribution in [0.1, 0.15) is 49.0 Å². The van der Waals surface area contributed by atoms with E-state index in [2.05, 4.69) is 29.4 Å². The topological polar surface area (TPSA) is 70.7 Å². The predicted molar refractivity (Wildman–Crippen MR) is 124 cm³/mol. The molecule has 1 aliphatic rings. The summed E-state index contributed by atoms with van der Waals surface area (Å²) in [6.45, 7) is 8.24. The van der Waals surface area contributed by atoms with E-state index in [0.29, 0.717) is 23.5 Å². The molecule has 1 aliphatic heterocycles. The minimum Gasteiger partial charge on any atom is -0.449 e. The van der Waals surface area contributed by atoms with Crippen LogP contribution in [0.15, 0.2) is 54.3 Å². The summed E-state index contributed by atoms with van der Waals surface area (Å²) in [7, 11) is 0. The first kappa shape index (κ1) is 22.6. The van der Waals surface area contributed by atoms with Gasteiger partial charge in [0.05, 0.1) is 5.69 Å². The van der Waals surface area contributed by atoms with Crippen LogP contribution in [-0.4, -0.2) is 42.9 Å². The van der Waals surface area contributed by atoms with Gasteiger partial charge in [-0.2, -0.15) is 0 Å². The quantitative estimate of drug-likeness (QED) is 0.443. The van der Waals surface area contributed by atoms with Crippen molar-refractivity contribution in [2.24, 2.45) is 0 Å². The van der Waals surface area contributed by atoms with Crippen molar-refractivity contribution in [2.75, 3.05) is 31.5 Å². The third-order valence-corrected chi connectivity index (χ3v) is 5.07.